The maximum Gasteiger partial charge on any atom is 0.451 e. The van der Waals surface area contributed by atoms with Gasteiger partial charge in [0.15, 0.2) is 5.78 Å². The van der Waals surface area contributed by atoms with Crippen LogP contribution in [0.4, 0.5) is 29.6 Å². The highest BCUT2D eigenvalue weighted by molar-refractivity contribution is 7.85. The smallest absolute Gasteiger partial charge is 0.356 e. The third kappa shape index (κ3) is 11.1. The lowest BCUT2D eigenvalue weighted by Gasteiger charge is -2.34. The van der Waals surface area contributed by atoms with Crippen LogP contribution in [0, 0.1) is 17.2 Å². The molecule has 0 bridgehead atoms. The van der Waals surface area contributed by atoms with Gasteiger partial charge in [-0.25, -0.2) is 14.8 Å². The van der Waals surface area contributed by atoms with E-state index in [-0.39, 0.29) is 30.4 Å². The van der Waals surface area contributed by atoms with Gasteiger partial charge in [-0.05, 0) is 75.0 Å². The summed E-state index contributed by atoms with van der Waals surface area (Å²) < 4.78 is 71.9. The lowest BCUT2D eigenvalue weighted by molar-refractivity contribution is -0.144. The van der Waals surface area contributed by atoms with Crippen molar-refractivity contribution in [3.63, 3.8) is 0 Å². The summed E-state index contributed by atoms with van der Waals surface area (Å²) in [5.74, 6) is -1.24. The molecule has 2 saturated heterocycles. The SMILES string of the molecule is N#Cc1ccc(CCCC(=O)[C@@H]2CCCN2c2cc(N3CCC(CCCNC(=O)NCCS(=O)(=O)O)CC3)nc(C(F)(F)F)n2)cc1. The van der Waals surface area contributed by atoms with Crippen molar-refractivity contribution in [1.82, 2.24) is 20.6 Å². The average molecular weight is 680 g/mol. The predicted octanol–water partition coefficient (Wildman–Crippen LogP) is 4.11. The molecule has 0 radical (unpaired) electrons. The van der Waals surface area contributed by atoms with Crippen LogP contribution in [-0.4, -0.2) is 79.3 Å². The van der Waals surface area contributed by atoms with E-state index in [4.69, 9.17) is 9.81 Å². The third-order valence-corrected chi connectivity index (χ3v) is 9.22. The van der Waals surface area contributed by atoms with Crippen molar-refractivity contribution in [1.29, 1.82) is 5.26 Å². The molecule has 2 aliphatic heterocycles. The number of hydrogen-bond donors (Lipinski definition) is 3. The number of aromatic nitrogens is 2. The van der Waals surface area contributed by atoms with Crippen LogP contribution < -0.4 is 20.4 Å². The minimum atomic E-state index is -4.75. The molecule has 0 spiro atoms. The van der Waals surface area contributed by atoms with Crippen LogP contribution >= 0.6 is 0 Å². The van der Waals surface area contributed by atoms with E-state index in [0.29, 0.717) is 69.8 Å². The number of rotatable bonds is 14. The van der Waals surface area contributed by atoms with Gasteiger partial charge < -0.3 is 20.4 Å². The summed E-state index contributed by atoms with van der Waals surface area (Å²) in [7, 11) is -4.15. The summed E-state index contributed by atoms with van der Waals surface area (Å²) in [6.45, 7) is 1.58. The van der Waals surface area contributed by atoms with Crippen molar-refractivity contribution in [2.75, 3.05) is 48.3 Å². The summed E-state index contributed by atoms with van der Waals surface area (Å²) in [6, 6.07) is 9.71. The number of carbonyl (C=O) groups is 2. The molecule has 16 heteroatoms. The highest BCUT2D eigenvalue weighted by Crippen LogP contribution is 2.34. The second kappa shape index (κ2) is 16.2. The second-order valence-corrected chi connectivity index (χ2v) is 13.5. The van der Waals surface area contributed by atoms with Gasteiger partial charge >= 0.3 is 12.2 Å². The molecule has 12 nitrogen and oxygen atoms in total. The van der Waals surface area contributed by atoms with E-state index in [1.54, 1.807) is 23.1 Å². The fourth-order valence-corrected chi connectivity index (χ4v) is 6.37. The summed E-state index contributed by atoms with van der Waals surface area (Å²) in [4.78, 5) is 36.2. The Morgan fingerprint density at radius 3 is 2.34 bits per heavy atom. The number of carbonyl (C=O) groups excluding carboxylic acids is 2. The zero-order valence-electron chi connectivity index (χ0n) is 26.0. The van der Waals surface area contributed by atoms with Crippen LogP contribution in [0.15, 0.2) is 30.3 Å². The minimum Gasteiger partial charge on any atom is -0.356 e. The van der Waals surface area contributed by atoms with Crippen molar-refractivity contribution < 1.29 is 35.7 Å². The van der Waals surface area contributed by atoms with Gasteiger partial charge in [0.25, 0.3) is 10.1 Å². The molecule has 0 aliphatic carbocycles. The Morgan fingerprint density at radius 2 is 1.68 bits per heavy atom. The van der Waals surface area contributed by atoms with E-state index in [1.807, 2.05) is 17.0 Å². The molecule has 0 unspecified atom stereocenters. The molecule has 47 heavy (non-hydrogen) atoms. The first-order valence-electron chi connectivity index (χ1n) is 15.8. The topological polar surface area (TPSA) is 169 Å². The van der Waals surface area contributed by atoms with E-state index in [9.17, 15) is 31.2 Å². The number of nitriles is 1. The van der Waals surface area contributed by atoms with E-state index < -0.39 is 39.9 Å². The molecule has 1 aromatic carbocycles. The first-order chi connectivity index (χ1) is 22.3. The van der Waals surface area contributed by atoms with E-state index in [1.165, 1.54) is 0 Å². The Labute approximate surface area is 272 Å². The third-order valence-electron chi connectivity index (χ3n) is 8.50. The van der Waals surface area contributed by atoms with Gasteiger partial charge in [-0.15, -0.1) is 0 Å². The van der Waals surface area contributed by atoms with Crippen LogP contribution in [0.5, 0.6) is 0 Å². The number of hydrogen-bond acceptors (Lipinski definition) is 9. The normalized spacial score (nSPS) is 17.4. The van der Waals surface area contributed by atoms with Crippen molar-refractivity contribution in [2.24, 2.45) is 5.92 Å². The number of nitrogens with zero attached hydrogens (tertiary/aromatic N) is 5. The molecule has 2 amide bonds. The highest BCUT2D eigenvalue weighted by Gasteiger charge is 2.38. The molecule has 2 aromatic rings. The molecular formula is C31H40F3N7O5S. The van der Waals surface area contributed by atoms with Crippen molar-refractivity contribution >= 4 is 33.6 Å². The number of benzene rings is 1. The number of amides is 2. The number of urea groups is 1. The number of nitrogens with one attached hydrogen (secondary N) is 2. The zero-order chi connectivity index (χ0) is 34.0. The van der Waals surface area contributed by atoms with Crippen molar-refractivity contribution in [3.05, 3.63) is 47.3 Å². The Morgan fingerprint density at radius 1 is 1.00 bits per heavy atom. The van der Waals surface area contributed by atoms with Crippen LogP contribution in [0.1, 0.15) is 68.3 Å². The molecule has 3 N–H and O–H groups in total. The molecule has 2 fully saturated rings. The molecule has 2 aliphatic rings. The van der Waals surface area contributed by atoms with Crippen LogP contribution in [-0.2, 0) is 27.5 Å². The molecular weight excluding hydrogens is 639 g/mol. The largest absolute Gasteiger partial charge is 0.451 e. The Bertz CT molecular complexity index is 1530. The van der Waals surface area contributed by atoms with E-state index in [0.717, 1.165) is 24.8 Å². The minimum absolute atomic E-state index is 0.0317. The average Bonchev–Trinajstić information content (AvgIpc) is 3.53. The van der Waals surface area contributed by atoms with Crippen LogP contribution in [0.2, 0.25) is 0 Å². The zero-order valence-corrected chi connectivity index (χ0v) is 26.8. The fraction of sp³-hybridized carbons (Fsp3) is 0.581. The lowest BCUT2D eigenvalue weighted by Crippen LogP contribution is -2.39. The fourth-order valence-electron chi connectivity index (χ4n) is 6.01. The Hall–Kier alpha value is -3.97. The van der Waals surface area contributed by atoms with Gasteiger partial charge in [-0.1, -0.05) is 12.1 Å². The molecule has 1 aromatic heterocycles. The molecule has 0 saturated carbocycles. The van der Waals surface area contributed by atoms with Crippen LogP contribution in [0.25, 0.3) is 0 Å². The monoisotopic (exact) mass is 679 g/mol. The van der Waals surface area contributed by atoms with E-state index in [2.05, 4.69) is 26.7 Å². The van der Waals surface area contributed by atoms with Gasteiger partial charge in [0.05, 0.1) is 23.4 Å². The Balaban J connectivity index is 1.30. The number of alkyl halides is 3. The van der Waals surface area contributed by atoms with E-state index >= 15 is 0 Å². The van der Waals surface area contributed by atoms with Crippen molar-refractivity contribution in [2.45, 2.75) is 70.0 Å². The summed E-state index contributed by atoms with van der Waals surface area (Å²) in [5.41, 5.74) is 1.57. The highest BCUT2D eigenvalue weighted by atomic mass is 32.2. The van der Waals surface area contributed by atoms with Gasteiger partial charge in [-0.2, -0.15) is 26.9 Å². The number of Topliss-reactive ketones (excluding diaryl/α,β-unsaturated/α-hetero) is 1. The molecule has 256 valence electrons. The second-order valence-electron chi connectivity index (χ2n) is 11.9. The molecule has 1 atom stereocenters. The number of halogens is 3. The summed E-state index contributed by atoms with van der Waals surface area (Å²) in [6.07, 6.45) is 0.907. The maximum absolute atomic E-state index is 13.9. The number of piperidine rings is 1. The molecule has 4 rings (SSSR count). The summed E-state index contributed by atoms with van der Waals surface area (Å²) >= 11 is 0. The van der Waals surface area contributed by atoms with Gasteiger partial charge in [0.2, 0.25) is 5.82 Å². The number of aryl methyl sites for hydroxylation is 1. The van der Waals surface area contributed by atoms with Gasteiger partial charge in [0, 0.05) is 45.2 Å². The first kappa shape index (κ1) is 35.9. The van der Waals surface area contributed by atoms with Crippen molar-refractivity contribution in [3.8, 4) is 6.07 Å². The maximum atomic E-state index is 13.9. The number of ketones is 1. The lowest BCUT2D eigenvalue weighted by atomic mass is 9.92. The standard InChI is InChI=1S/C31H40F3N7O5S/c32-31(33,34)29-38-27(40-17-12-23(13-18-40)5-2-14-36-30(43)37-15-19-47(44,45)46)20-28(39-29)41-16-3-6-25(41)26(42)7-1-4-22-8-10-24(21-35)11-9-22/h8-11,20,23,25H,1-7,12-19H2,(H2,36,37,43)(H,44,45,46)/t25-/m0/s1. The Kier molecular flexibility index (Phi) is 12.4. The van der Waals surface area contributed by atoms with Crippen LogP contribution in [0.3, 0.4) is 0 Å². The predicted molar refractivity (Wildman–Crippen MR) is 168 cm³/mol. The summed E-state index contributed by atoms with van der Waals surface area (Å²) in [5, 5.41) is 13.9. The van der Waals surface area contributed by atoms with Gasteiger partial charge in [0.1, 0.15) is 11.6 Å². The molecule has 3 heterocycles. The number of anilines is 2. The quantitative estimate of drug-likeness (QED) is 0.195. The first-order valence-corrected chi connectivity index (χ1v) is 17.4. The van der Waals surface area contributed by atoms with Gasteiger partial charge in [-0.3, -0.25) is 9.35 Å².